The molecule has 0 spiro atoms. The van der Waals surface area contributed by atoms with E-state index in [0.29, 0.717) is 46.6 Å². The molecule has 0 radical (unpaired) electrons. The van der Waals surface area contributed by atoms with Gasteiger partial charge in [0, 0.05) is 22.3 Å². The minimum Gasteiger partial charge on any atom is -0.507 e. The Labute approximate surface area is 267 Å². The van der Waals surface area contributed by atoms with Crippen molar-refractivity contribution in [2.24, 2.45) is 0 Å². The zero-order valence-corrected chi connectivity index (χ0v) is 25.9. The Kier molecular flexibility index (Phi) is 9.06. The number of fused-ring (bicyclic) bond motifs is 2. The van der Waals surface area contributed by atoms with Crippen LogP contribution in [0.5, 0.6) is 23.0 Å². The second-order valence-electron chi connectivity index (χ2n) is 11.5. The van der Waals surface area contributed by atoms with Crippen LogP contribution in [0.4, 0.5) is 8.78 Å². The summed E-state index contributed by atoms with van der Waals surface area (Å²) >= 11 is 0. The monoisotopic (exact) mass is 618 g/mol. The van der Waals surface area contributed by atoms with Gasteiger partial charge in [-0.1, -0.05) is 63.1 Å². The number of hydrogen-bond donors (Lipinski definition) is 2. The Bertz CT molecular complexity index is 1850. The summed E-state index contributed by atoms with van der Waals surface area (Å²) in [7, 11) is 0. The quantitative estimate of drug-likeness (QED) is 0.142. The van der Waals surface area contributed by atoms with Crippen molar-refractivity contribution in [1.82, 2.24) is 0 Å². The zero-order valence-electron chi connectivity index (χ0n) is 25.9. The third-order valence-electron chi connectivity index (χ3n) is 8.27. The molecule has 0 aromatic heterocycles. The molecule has 6 heteroatoms. The standard InChI is InChI=1S/C40H36F2O4/c1-3-5-19-45-37-23-33-27(21-31(37)25-7-13-29(41)14-8-25)11-17-35(43)39(33)40-34-24-38(46-20-6-4-2)32(22-28(34)12-18-36(40)44)26-9-15-30(42)16-10-26/h7-18,21-24,43-44H,3-6,19-20H2,1-2H3. The van der Waals surface area contributed by atoms with Gasteiger partial charge in [0.2, 0.25) is 0 Å². The molecule has 6 rings (SSSR count). The molecule has 0 aliphatic heterocycles. The first-order valence-corrected chi connectivity index (χ1v) is 15.7. The van der Waals surface area contributed by atoms with Gasteiger partial charge in [0.05, 0.1) is 13.2 Å². The highest BCUT2D eigenvalue weighted by molar-refractivity contribution is 6.11. The molecule has 0 atom stereocenters. The predicted molar refractivity (Wildman–Crippen MR) is 182 cm³/mol. The molecule has 0 aliphatic rings. The number of aromatic hydroxyl groups is 2. The Morgan fingerprint density at radius 1 is 0.522 bits per heavy atom. The number of hydrogen-bond acceptors (Lipinski definition) is 4. The van der Waals surface area contributed by atoms with Crippen LogP contribution in [-0.4, -0.2) is 23.4 Å². The molecule has 0 unspecified atom stereocenters. The molecule has 46 heavy (non-hydrogen) atoms. The molecular weight excluding hydrogens is 582 g/mol. The van der Waals surface area contributed by atoms with Gasteiger partial charge in [-0.05, 0) is 106 Å². The normalized spacial score (nSPS) is 11.3. The molecule has 0 saturated heterocycles. The van der Waals surface area contributed by atoms with Gasteiger partial charge in [0.25, 0.3) is 0 Å². The van der Waals surface area contributed by atoms with Gasteiger partial charge in [-0.25, -0.2) is 8.78 Å². The van der Waals surface area contributed by atoms with Gasteiger partial charge < -0.3 is 19.7 Å². The fraction of sp³-hybridized carbons (Fsp3) is 0.200. The zero-order chi connectivity index (χ0) is 32.2. The van der Waals surface area contributed by atoms with Gasteiger partial charge in [-0.15, -0.1) is 0 Å². The van der Waals surface area contributed by atoms with Crippen LogP contribution >= 0.6 is 0 Å². The summed E-state index contributed by atoms with van der Waals surface area (Å²) in [6.45, 7) is 5.17. The summed E-state index contributed by atoms with van der Waals surface area (Å²) in [5, 5.41) is 25.8. The Morgan fingerprint density at radius 3 is 1.28 bits per heavy atom. The van der Waals surface area contributed by atoms with Crippen LogP contribution in [0.15, 0.2) is 97.1 Å². The summed E-state index contributed by atoms with van der Waals surface area (Å²) in [5.74, 6) is 0.554. The van der Waals surface area contributed by atoms with Crippen molar-refractivity contribution in [2.45, 2.75) is 39.5 Å². The van der Waals surface area contributed by atoms with E-state index in [2.05, 4.69) is 13.8 Å². The Morgan fingerprint density at radius 2 is 0.913 bits per heavy atom. The minimum absolute atomic E-state index is 0.000373. The predicted octanol–water partition coefficient (Wildman–Crippen LogP) is 11.0. The van der Waals surface area contributed by atoms with E-state index < -0.39 is 0 Å². The highest BCUT2D eigenvalue weighted by Crippen LogP contribution is 2.48. The van der Waals surface area contributed by atoms with E-state index in [1.807, 2.05) is 36.4 Å². The van der Waals surface area contributed by atoms with Gasteiger partial charge in [-0.3, -0.25) is 0 Å². The van der Waals surface area contributed by atoms with Gasteiger partial charge in [-0.2, -0.15) is 0 Å². The molecule has 2 N–H and O–H groups in total. The Hall–Kier alpha value is -5.10. The van der Waals surface area contributed by atoms with E-state index in [0.717, 1.165) is 58.7 Å². The summed E-state index contributed by atoms with van der Waals surface area (Å²) in [4.78, 5) is 0. The lowest BCUT2D eigenvalue weighted by molar-refractivity contribution is 0.311. The topological polar surface area (TPSA) is 58.9 Å². The van der Waals surface area contributed by atoms with Crippen LogP contribution in [0, 0.1) is 11.6 Å². The SMILES string of the molecule is CCCCOc1cc2c(-c3c(O)ccc4cc(-c5ccc(F)cc5)c(OCCCC)cc34)c(O)ccc2cc1-c1ccc(F)cc1. The van der Waals surface area contributed by atoms with E-state index in [1.54, 1.807) is 36.4 Å². The second-order valence-corrected chi connectivity index (χ2v) is 11.5. The first kappa shape index (κ1) is 30.9. The molecule has 4 nitrogen and oxygen atoms in total. The third-order valence-corrected chi connectivity index (χ3v) is 8.27. The van der Waals surface area contributed by atoms with Crippen LogP contribution < -0.4 is 9.47 Å². The first-order valence-electron chi connectivity index (χ1n) is 15.7. The summed E-state index contributed by atoms with van der Waals surface area (Å²) in [5.41, 5.74) is 4.14. The summed E-state index contributed by atoms with van der Waals surface area (Å²) in [6.07, 6.45) is 3.63. The van der Waals surface area contributed by atoms with Crippen molar-refractivity contribution in [3.8, 4) is 56.4 Å². The van der Waals surface area contributed by atoms with Crippen LogP contribution in [0.1, 0.15) is 39.5 Å². The average Bonchev–Trinajstić information content (AvgIpc) is 3.06. The van der Waals surface area contributed by atoms with Crippen LogP contribution in [0.2, 0.25) is 0 Å². The van der Waals surface area contributed by atoms with Crippen LogP contribution in [0.3, 0.4) is 0 Å². The van der Waals surface area contributed by atoms with Crippen molar-refractivity contribution in [2.75, 3.05) is 13.2 Å². The molecule has 0 amide bonds. The van der Waals surface area contributed by atoms with Gasteiger partial charge >= 0.3 is 0 Å². The average molecular weight is 619 g/mol. The number of halogens is 2. The van der Waals surface area contributed by atoms with Crippen molar-refractivity contribution in [1.29, 1.82) is 0 Å². The third kappa shape index (κ3) is 6.20. The fourth-order valence-electron chi connectivity index (χ4n) is 5.81. The number of rotatable bonds is 11. The lowest BCUT2D eigenvalue weighted by atomic mass is 9.89. The Balaban J connectivity index is 1.59. The number of phenolic OH excluding ortho intramolecular Hbond substituents is 2. The van der Waals surface area contributed by atoms with E-state index in [-0.39, 0.29) is 23.1 Å². The molecule has 0 saturated carbocycles. The molecule has 0 aliphatic carbocycles. The maximum absolute atomic E-state index is 13.8. The minimum atomic E-state index is -0.322. The number of unbranched alkanes of at least 4 members (excludes halogenated alkanes) is 2. The molecule has 234 valence electrons. The van der Waals surface area contributed by atoms with Crippen molar-refractivity contribution < 1.29 is 28.5 Å². The van der Waals surface area contributed by atoms with E-state index in [4.69, 9.17) is 9.47 Å². The van der Waals surface area contributed by atoms with E-state index in [9.17, 15) is 19.0 Å². The molecule has 0 heterocycles. The van der Waals surface area contributed by atoms with Crippen molar-refractivity contribution >= 4 is 21.5 Å². The number of ether oxygens (including phenoxy) is 2. The smallest absolute Gasteiger partial charge is 0.127 e. The first-order chi connectivity index (χ1) is 22.4. The number of phenols is 2. The summed E-state index contributed by atoms with van der Waals surface area (Å²) < 4.78 is 40.2. The maximum atomic E-state index is 13.8. The molecule has 6 aromatic carbocycles. The molecule has 0 fully saturated rings. The van der Waals surface area contributed by atoms with Gasteiger partial charge in [0.1, 0.15) is 34.6 Å². The largest absolute Gasteiger partial charge is 0.507 e. The highest BCUT2D eigenvalue weighted by Gasteiger charge is 2.21. The van der Waals surface area contributed by atoms with Gasteiger partial charge in [0.15, 0.2) is 0 Å². The number of benzene rings is 6. The lowest BCUT2D eigenvalue weighted by Gasteiger charge is -2.19. The maximum Gasteiger partial charge on any atom is 0.127 e. The van der Waals surface area contributed by atoms with E-state index >= 15 is 0 Å². The molecule has 0 bridgehead atoms. The summed E-state index contributed by atoms with van der Waals surface area (Å²) in [6, 6.07) is 27.2. The van der Waals surface area contributed by atoms with Crippen molar-refractivity contribution in [3.63, 3.8) is 0 Å². The highest BCUT2D eigenvalue weighted by atomic mass is 19.1. The van der Waals surface area contributed by atoms with Crippen LogP contribution in [0.25, 0.3) is 54.9 Å². The van der Waals surface area contributed by atoms with Crippen LogP contribution in [-0.2, 0) is 0 Å². The second kappa shape index (κ2) is 13.5. The van der Waals surface area contributed by atoms with Crippen molar-refractivity contribution in [3.05, 3.63) is 109 Å². The molecule has 6 aromatic rings. The lowest BCUT2D eigenvalue weighted by Crippen LogP contribution is -2.00. The van der Waals surface area contributed by atoms with E-state index in [1.165, 1.54) is 24.3 Å². The fourth-order valence-corrected chi connectivity index (χ4v) is 5.81. The molecular formula is C40H36F2O4.